The SMILES string of the molecule is CC.COc1cc2[nH]c(C(C)=O)cc2cc1OCCN1C(=O)CC2(CCN(Cc3ccccc3)CC2)C1=O. The van der Waals surface area contributed by atoms with E-state index in [0.717, 1.165) is 30.5 Å². The zero-order chi connectivity index (χ0) is 27.3. The van der Waals surface area contributed by atoms with Crippen molar-refractivity contribution in [2.75, 3.05) is 33.4 Å². The maximum absolute atomic E-state index is 13.3. The summed E-state index contributed by atoms with van der Waals surface area (Å²) in [5.74, 6) is 0.760. The van der Waals surface area contributed by atoms with Crippen LogP contribution in [0.5, 0.6) is 11.5 Å². The van der Waals surface area contributed by atoms with Crippen molar-refractivity contribution >= 4 is 28.5 Å². The number of ether oxygens (including phenoxy) is 2. The standard InChI is InChI=1S/C28H31N3O5.C2H6/c1-19(32)22-14-21-15-25(24(35-2)16-23(21)29-22)36-13-12-31-26(33)17-28(27(31)34)8-10-30(11-9-28)18-20-6-4-3-5-7-20;1-2/h3-7,14-16,29H,8-13,17-18H2,1-2H3;1-2H3. The number of likely N-dealkylation sites (tertiary alicyclic amines) is 2. The topological polar surface area (TPSA) is 91.9 Å². The largest absolute Gasteiger partial charge is 0.493 e. The summed E-state index contributed by atoms with van der Waals surface area (Å²) in [4.78, 5) is 44.6. The Bertz CT molecular complexity index is 1290. The molecule has 1 N–H and O–H groups in total. The fraction of sp³-hybridized carbons (Fsp3) is 0.433. The average molecular weight is 520 g/mol. The van der Waals surface area contributed by atoms with Crippen LogP contribution in [0, 0.1) is 5.41 Å². The molecule has 0 unspecified atom stereocenters. The van der Waals surface area contributed by atoms with Gasteiger partial charge in [0.2, 0.25) is 11.8 Å². The summed E-state index contributed by atoms with van der Waals surface area (Å²) in [6, 6.07) is 15.7. The summed E-state index contributed by atoms with van der Waals surface area (Å²) < 4.78 is 11.4. The Balaban J connectivity index is 0.00000164. The van der Waals surface area contributed by atoms with Crippen molar-refractivity contribution in [1.29, 1.82) is 0 Å². The summed E-state index contributed by atoms with van der Waals surface area (Å²) in [7, 11) is 1.55. The lowest BCUT2D eigenvalue weighted by Gasteiger charge is -2.37. The number of aromatic nitrogens is 1. The lowest BCUT2D eigenvalue weighted by Crippen LogP contribution is -2.45. The maximum Gasteiger partial charge on any atom is 0.236 e. The van der Waals surface area contributed by atoms with Crippen LogP contribution in [0.25, 0.3) is 10.9 Å². The van der Waals surface area contributed by atoms with E-state index < -0.39 is 5.41 Å². The number of rotatable bonds is 8. The molecule has 1 aromatic heterocycles. The first-order valence-electron chi connectivity index (χ1n) is 13.3. The van der Waals surface area contributed by atoms with E-state index in [0.29, 0.717) is 30.0 Å². The van der Waals surface area contributed by atoms with Crippen molar-refractivity contribution in [3.8, 4) is 11.5 Å². The van der Waals surface area contributed by atoms with Gasteiger partial charge in [0, 0.05) is 36.9 Å². The summed E-state index contributed by atoms with van der Waals surface area (Å²) in [6.45, 7) is 8.32. The summed E-state index contributed by atoms with van der Waals surface area (Å²) >= 11 is 0. The molecular weight excluding hydrogens is 482 g/mol. The summed E-state index contributed by atoms with van der Waals surface area (Å²) in [5, 5.41) is 0.825. The number of fused-ring (bicyclic) bond motifs is 1. The molecular formula is C30H37N3O5. The Morgan fingerprint density at radius 1 is 1.03 bits per heavy atom. The van der Waals surface area contributed by atoms with Gasteiger partial charge in [-0.25, -0.2) is 0 Å². The Hall–Kier alpha value is -3.65. The molecule has 5 rings (SSSR count). The van der Waals surface area contributed by atoms with Crippen LogP contribution in [0.3, 0.4) is 0 Å². The van der Waals surface area contributed by atoms with Gasteiger partial charge in [-0.05, 0) is 43.6 Å². The van der Waals surface area contributed by atoms with E-state index in [2.05, 4.69) is 22.0 Å². The monoisotopic (exact) mass is 519 g/mol. The molecule has 2 amide bonds. The number of ketones is 1. The Morgan fingerprint density at radius 3 is 2.39 bits per heavy atom. The number of hydrogen-bond donors (Lipinski definition) is 1. The molecule has 8 nitrogen and oxygen atoms in total. The molecule has 3 heterocycles. The first-order chi connectivity index (χ1) is 18.4. The molecule has 0 atom stereocenters. The number of nitrogens with one attached hydrogen (secondary N) is 1. The first kappa shape index (κ1) is 27.4. The molecule has 8 heteroatoms. The first-order valence-corrected chi connectivity index (χ1v) is 13.3. The van der Waals surface area contributed by atoms with Crippen LogP contribution in [0.2, 0.25) is 0 Å². The lowest BCUT2D eigenvalue weighted by atomic mass is 9.77. The van der Waals surface area contributed by atoms with E-state index in [9.17, 15) is 14.4 Å². The smallest absolute Gasteiger partial charge is 0.236 e. The second-order valence-electron chi connectivity index (χ2n) is 9.75. The molecule has 0 saturated carbocycles. The Morgan fingerprint density at radius 2 is 1.74 bits per heavy atom. The molecule has 2 aliphatic rings. The predicted molar refractivity (Wildman–Crippen MR) is 146 cm³/mol. The molecule has 1 spiro atoms. The number of nitrogens with zero attached hydrogens (tertiary/aromatic N) is 2. The van der Waals surface area contributed by atoms with Gasteiger partial charge in [0.05, 0.1) is 24.8 Å². The molecule has 38 heavy (non-hydrogen) atoms. The number of carbonyl (C=O) groups excluding carboxylic acids is 3. The van der Waals surface area contributed by atoms with E-state index in [1.54, 1.807) is 25.3 Å². The van der Waals surface area contributed by atoms with Crippen LogP contribution >= 0.6 is 0 Å². The number of piperidine rings is 1. The number of imide groups is 1. The minimum atomic E-state index is -0.588. The van der Waals surface area contributed by atoms with E-state index in [1.165, 1.54) is 17.4 Å². The van der Waals surface area contributed by atoms with Gasteiger partial charge in [-0.3, -0.25) is 24.2 Å². The number of H-pyrrole nitrogens is 1. The highest BCUT2D eigenvalue weighted by Crippen LogP contribution is 2.42. The fourth-order valence-electron chi connectivity index (χ4n) is 5.31. The van der Waals surface area contributed by atoms with Crippen molar-refractivity contribution < 1.29 is 23.9 Å². The van der Waals surface area contributed by atoms with Gasteiger partial charge in [-0.1, -0.05) is 44.2 Å². The third-order valence-corrected chi connectivity index (χ3v) is 7.41. The molecule has 0 bridgehead atoms. The number of aromatic amines is 1. The number of Topliss-reactive ketones (excluding diaryl/α,β-unsaturated/α-hetero) is 1. The van der Waals surface area contributed by atoms with Crippen molar-refractivity contribution in [1.82, 2.24) is 14.8 Å². The van der Waals surface area contributed by atoms with Crippen LogP contribution in [-0.4, -0.2) is 65.7 Å². The number of hydrogen-bond acceptors (Lipinski definition) is 6. The Kier molecular flexibility index (Phi) is 8.52. The second-order valence-corrected chi connectivity index (χ2v) is 9.75. The van der Waals surface area contributed by atoms with E-state index in [1.807, 2.05) is 32.0 Å². The summed E-state index contributed by atoms with van der Waals surface area (Å²) in [6.07, 6.45) is 1.66. The summed E-state index contributed by atoms with van der Waals surface area (Å²) in [5.41, 5.74) is 1.95. The molecule has 2 aromatic carbocycles. The fourth-order valence-corrected chi connectivity index (χ4v) is 5.31. The normalized spacial score (nSPS) is 17.0. The van der Waals surface area contributed by atoms with Crippen LogP contribution in [0.4, 0.5) is 0 Å². The van der Waals surface area contributed by atoms with Gasteiger partial charge in [0.15, 0.2) is 17.3 Å². The molecule has 2 saturated heterocycles. The maximum atomic E-state index is 13.3. The molecule has 202 valence electrons. The van der Waals surface area contributed by atoms with E-state index in [-0.39, 0.29) is 37.2 Å². The third-order valence-electron chi connectivity index (χ3n) is 7.41. The van der Waals surface area contributed by atoms with Crippen molar-refractivity contribution in [3.63, 3.8) is 0 Å². The van der Waals surface area contributed by atoms with E-state index in [4.69, 9.17) is 9.47 Å². The van der Waals surface area contributed by atoms with Crippen molar-refractivity contribution in [2.24, 2.45) is 5.41 Å². The van der Waals surface area contributed by atoms with Crippen molar-refractivity contribution in [3.05, 3.63) is 59.8 Å². The molecule has 3 aromatic rings. The van der Waals surface area contributed by atoms with Gasteiger partial charge in [0.25, 0.3) is 0 Å². The molecule has 0 radical (unpaired) electrons. The molecule has 0 aliphatic carbocycles. The number of amides is 2. The number of carbonyl (C=O) groups is 3. The third kappa shape index (κ3) is 5.60. The predicted octanol–water partition coefficient (Wildman–Crippen LogP) is 4.83. The number of methoxy groups -OCH3 is 1. The number of benzene rings is 2. The van der Waals surface area contributed by atoms with Crippen LogP contribution in [-0.2, 0) is 16.1 Å². The van der Waals surface area contributed by atoms with Gasteiger partial charge in [-0.2, -0.15) is 0 Å². The second kappa shape index (κ2) is 11.8. The quantitative estimate of drug-likeness (QED) is 0.339. The van der Waals surface area contributed by atoms with Gasteiger partial charge >= 0.3 is 0 Å². The highest BCUT2D eigenvalue weighted by atomic mass is 16.5. The van der Waals surface area contributed by atoms with Crippen LogP contribution < -0.4 is 9.47 Å². The highest BCUT2D eigenvalue weighted by Gasteiger charge is 2.52. The van der Waals surface area contributed by atoms with Crippen LogP contribution in [0.15, 0.2) is 48.5 Å². The Labute approximate surface area is 223 Å². The highest BCUT2D eigenvalue weighted by molar-refractivity contribution is 6.06. The van der Waals surface area contributed by atoms with Gasteiger partial charge < -0.3 is 14.5 Å². The minimum absolute atomic E-state index is 0.0569. The molecule has 2 aliphatic heterocycles. The average Bonchev–Trinajstić information content (AvgIpc) is 3.45. The zero-order valence-electron chi connectivity index (χ0n) is 22.7. The lowest BCUT2D eigenvalue weighted by molar-refractivity contribution is -0.143. The minimum Gasteiger partial charge on any atom is -0.493 e. The van der Waals surface area contributed by atoms with Crippen molar-refractivity contribution in [2.45, 2.75) is 46.6 Å². The van der Waals surface area contributed by atoms with Gasteiger partial charge in [-0.15, -0.1) is 0 Å². The van der Waals surface area contributed by atoms with E-state index >= 15 is 0 Å². The van der Waals surface area contributed by atoms with Crippen LogP contribution in [0.1, 0.15) is 56.1 Å². The molecule has 2 fully saturated rings. The van der Waals surface area contributed by atoms with Gasteiger partial charge in [0.1, 0.15) is 6.61 Å². The zero-order valence-corrected chi connectivity index (χ0v) is 22.7.